The van der Waals surface area contributed by atoms with E-state index in [9.17, 15) is 17.6 Å². The first-order valence-electron chi connectivity index (χ1n) is 12.2. The largest absolute Gasteiger partial charge is 0.377 e. The minimum Gasteiger partial charge on any atom is -0.377 e. The molecular formula is C26H27F2N5O4S. The first-order chi connectivity index (χ1) is 18.1. The third-order valence-corrected chi connectivity index (χ3v) is 7.53. The summed E-state index contributed by atoms with van der Waals surface area (Å²) in [5.41, 5.74) is 0.481. The smallest absolute Gasteiger partial charge is 0.319 e. The maximum Gasteiger partial charge on any atom is 0.319 e. The number of amides is 2. The molecule has 1 saturated carbocycles. The van der Waals surface area contributed by atoms with Crippen molar-refractivity contribution in [1.29, 1.82) is 0 Å². The van der Waals surface area contributed by atoms with E-state index in [-0.39, 0.29) is 45.3 Å². The van der Waals surface area contributed by atoms with Gasteiger partial charge < -0.3 is 20.3 Å². The molecule has 38 heavy (non-hydrogen) atoms. The summed E-state index contributed by atoms with van der Waals surface area (Å²) in [7, 11) is -3.73. The average Bonchev–Trinajstić information content (AvgIpc) is 3.67. The summed E-state index contributed by atoms with van der Waals surface area (Å²) < 4.78 is 60.1. The monoisotopic (exact) mass is 543 g/mol. The zero-order valence-corrected chi connectivity index (χ0v) is 21.7. The molecule has 5 rings (SSSR count). The SMILES string of the molecule is C[C@H]1COCCN1c1cc(-c2cc(F)ccc2S(C)(=O)=O)nc(-c2ccc(NC(=O)NC3CC3)cc2F)n1. The fourth-order valence-electron chi connectivity index (χ4n) is 4.29. The molecule has 0 radical (unpaired) electrons. The van der Waals surface area contributed by atoms with Gasteiger partial charge in [0, 0.05) is 36.2 Å². The zero-order valence-electron chi connectivity index (χ0n) is 20.9. The van der Waals surface area contributed by atoms with Crippen LogP contribution in [0.15, 0.2) is 47.4 Å². The topological polar surface area (TPSA) is 114 Å². The number of rotatable bonds is 6. The maximum absolute atomic E-state index is 15.3. The van der Waals surface area contributed by atoms with Crippen LogP contribution in [-0.2, 0) is 14.6 Å². The Kier molecular flexibility index (Phi) is 7.01. The predicted molar refractivity (Wildman–Crippen MR) is 139 cm³/mol. The predicted octanol–water partition coefficient (Wildman–Crippen LogP) is 4.00. The Morgan fingerprint density at radius 3 is 2.55 bits per heavy atom. The van der Waals surface area contributed by atoms with E-state index in [0.717, 1.165) is 31.2 Å². The second-order valence-electron chi connectivity index (χ2n) is 9.53. The standard InChI is InChI=1S/C26H27F2N5O4S/c1-15-14-37-10-9-33(15)24-13-22(20-11-16(27)3-8-23(20)38(2,35)36)31-25(32-24)19-7-6-18(12-21(19)28)30-26(34)29-17-4-5-17/h3,6-8,11-13,15,17H,4-5,9-10,14H2,1-2H3,(H2,29,30,34)/t15-/m0/s1. The summed E-state index contributed by atoms with van der Waals surface area (Å²) in [6, 6.07) is 8.73. The summed E-state index contributed by atoms with van der Waals surface area (Å²) in [6.45, 7) is 3.34. The molecule has 1 aliphatic heterocycles. The van der Waals surface area contributed by atoms with Crippen LogP contribution in [0.5, 0.6) is 0 Å². The fourth-order valence-corrected chi connectivity index (χ4v) is 5.17. The molecule has 2 heterocycles. The third-order valence-electron chi connectivity index (χ3n) is 6.37. The number of carbonyl (C=O) groups excluding carboxylic acids is 1. The van der Waals surface area contributed by atoms with Crippen LogP contribution in [0, 0.1) is 11.6 Å². The molecule has 3 aromatic rings. The quantitative estimate of drug-likeness (QED) is 0.452. The number of nitrogens with one attached hydrogen (secondary N) is 2. The highest BCUT2D eigenvalue weighted by Gasteiger charge is 2.26. The normalized spacial score (nSPS) is 17.8. The Labute approximate surface area is 219 Å². The number of nitrogens with zero attached hydrogens (tertiary/aromatic N) is 3. The van der Waals surface area contributed by atoms with Crippen molar-refractivity contribution in [3.8, 4) is 22.6 Å². The third kappa shape index (κ3) is 5.76. The Morgan fingerprint density at radius 2 is 1.87 bits per heavy atom. The summed E-state index contributed by atoms with van der Waals surface area (Å²) >= 11 is 0. The van der Waals surface area contributed by atoms with Crippen LogP contribution in [-0.4, -0.2) is 62.5 Å². The van der Waals surface area contributed by atoms with Gasteiger partial charge in [-0.15, -0.1) is 0 Å². The first-order valence-corrected chi connectivity index (χ1v) is 14.1. The molecule has 0 bridgehead atoms. The second-order valence-corrected chi connectivity index (χ2v) is 11.5. The van der Waals surface area contributed by atoms with E-state index in [1.54, 1.807) is 6.07 Å². The van der Waals surface area contributed by atoms with Gasteiger partial charge in [-0.25, -0.2) is 32.0 Å². The van der Waals surface area contributed by atoms with Crippen LogP contribution in [0.2, 0.25) is 0 Å². The molecule has 1 aliphatic carbocycles. The van der Waals surface area contributed by atoms with Crippen molar-refractivity contribution in [3.63, 3.8) is 0 Å². The van der Waals surface area contributed by atoms with Gasteiger partial charge in [0.25, 0.3) is 0 Å². The van der Waals surface area contributed by atoms with E-state index < -0.39 is 27.5 Å². The molecule has 0 spiro atoms. The number of sulfone groups is 1. The molecule has 2 N–H and O–H groups in total. The Bertz CT molecular complexity index is 1500. The van der Waals surface area contributed by atoms with Gasteiger partial charge in [-0.1, -0.05) is 0 Å². The number of morpholine rings is 1. The van der Waals surface area contributed by atoms with Crippen LogP contribution in [0.3, 0.4) is 0 Å². The van der Waals surface area contributed by atoms with Crippen molar-refractivity contribution in [1.82, 2.24) is 15.3 Å². The lowest BCUT2D eigenvalue weighted by Crippen LogP contribution is -2.44. The Morgan fingerprint density at radius 1 is 1.08 bits per heavy atom. The van der Waals surface area contributed by atoms with Crippen LogP contribution < -0.4 is 15.5 Å². The molecule has 2 fully saturated rings. The van der Waals surface area contributed by atoms with Crippen molar-refractivity contribution >= 4 is 27.4 Å². The van der Waals surface area contributed by atoms with Gasteiger partial charge in [0.2, 0.25) is 0 Å². The molecule has 200 valence electrons. The van der Waals surface area contributed by atoms with Gasteiger partial charge in [0.1, 0.15) is 17.5 Å². The molecule has 2 aliphatic rings. The molecule has 12 heteroatoms. The van der Waals surface area contributed by atoms with Gasteiger partial charge in [0.05, 0.1) is 35.4 Å². The lowest BCUT2D eigenvalue weighted by atomic mass is 10.1. The van der Waals surface area contributed by atoms with Crippen molar-refractivity contribution in [3.05, 3.63) is 54.1 Å². The van der Waals surface area contributed by atoms with E-state index in [1.165, 1.54) is 24.3 Å². The number of ether oxygens (including phenoxy) is 1. The van der Waals surface area contributed by atoms with Crippen molar-refractivity contribution < 1.29 is 26.7 Å². The summed E-state index contributed by atoms with van der Waals surface area (Å²) in [6.07, 6.45) is 2.87. The van der Waals surface area contributed by atoms with Gasteiger partial charge in [-0.2, -0.15) is 0 Å². The van der Waals surface area contributed by atoms with Crippen molar-refractivity contribution in [2.75, 3.05) is 36.2 Å². The number of urea groups is 1. The van der Waals surface area contributed by atoms with E-state index >= 15 is 4.39 Å². The van der Waals surface area contributed by atoms with Gasteiger partial charge in [0.15, 0.2) is 15.7 Å². The minimum atomic E-state index is -3.73. The summed E-state index contributed by atoms with van der Waals surface area (Å²) in [5.74, 6) is -0.906. The second kappa shape index (κ2) is 10.3. The van der Waals surface area contributed by atoms with Crippen LogP contribution in [0.1, 0.15) is 19.8 Å². The molecule has 9 nitrogen and oxygen atoms in total. The molecule has 1 atom stereocenters. The Hall–Kier alpha value is -3.64. The highest BCUT2D eigenvalue weighted by atomic mass is 32.2. The van der Waals surface area contributed by atoms with E-state index in [2.05, 4.69) is 20.6 Å². The van der Waals surface area contributed by atoms with Crippen LogP contribution >= 0.6 is 0 Å². The number of carbonyl (C=O) groups is 1. The molecule has 0 unspecified atom stereocenters. The first kappa shape index (κ1) is 26.0. The zero-order chi connectivity index (χ0) is 27.0. The number of anilines is 2. The molecular weight excluding hydrogens is 516 g/mol. The van der Waals surface area contributed by atoms with E-state index in [4.69, 9.17) is 4.74 Å². The van der Waals surface area contributed by atoms with Crippen molar-refractivity contribution in [2.24, 2.45) is 0 Å². The summed E-state index contributed by atoms with van der Waals surface area (Å²) in [4.78, 5) is 23.0. The number of aromatic nitrogens is 2. The average molecular weight is 544 g/mol. The van der Waals surface area contributed by atoms with Gasteiger partial charge in [-0.05, 0) is 56.2 Å². The highest BCUT2D eigenvalue weighted by Crippen LogP contribution is 2.33. The lowest BCUT2D eigenvalue weighted by molar-refractivity contribution is 0.0985. The highest BCUT2D eigenvalue weighted by molar-refractivity contribution is 7.90. The molecule has 2 amide bonds. The fraction of sp³-hybridized carbons (Fsp3) is 0.346. The van der Waals surface area contributed by atoms with Crippen LogP contribution in [0.25, 0.3) is 22.6 Å². The van der Waals surface area contributed by atoms with Gasteiger partial charge >= 0.3 is 6.03 Å². The summed E-state index contributed by atoms with van der Waals surface area (Å²) in [5, 5.41) is 5.38. The molecule has 1 aromatic heterocycles. The van der Waals surface area contributed by atoms with E-state index in [0.29, 0.717) is 25.6 Å². The number of benzene rings is 2. The van der Waals surface area contributed by atoms with Crippen molar-refractivity contribution in [2.45, 2.75) is 36.7 Å². The van der Waals surface area contributed by atoms with Crippen LogP contribution in [0.4, 0.5) is 25.1 Å². The molecule has 1 saturated heterocycles. The van der Waals surface area contributed by atoms with E-state index in [1.807, 2.05) is 11.8 Å². The number of halogens is 2. The number of hydrogen-bond donors (Lipinski definition) is 2. The maximum atomic E-state index is 15.3. The lowest BCUT2D eigenvalue weighted by Gasteiger charge is -2.34. The number of hydrogen-bond acceptors (Lipinski definition) is 7. The van der Waals surface area contributed by atoms with Gasteiger partial charge in [-0.3, -0.25) is 0 Å². The minimum absolute atomic E-state index is 0.00798. The molecule has 2 aromatic carbocycles. The Balaban J connectivity index is 1.60.